The molecule has 0 unspecified atom stereocenters. The number of pyridine rings is 1. The topological polar surface area (TPSA) is 16.1 Å². The molecule has 0 bridgehead atoms. The van der Waals surface area contributed by atoms with Gasteiger partial charge in [-0.2, -0.15) is 0 Å². The van der Waals surface area contributed by atoms with Crippen molar-refractivity contribution >= 4 is 15.9 Å². The highest BCUT2D eigenvalue weighted by atomic mass is 79.9. The summed E-state index contributed by atoms with van der Waals surface area (Å²) in [4.78, 5) is 6.05. The Balaban J connectivity index is 2.66. The molecule has 0 aliphatic rings. The maximum atomic E-state index is 4.02. The molecule has 13 heavy (non-hydrogen) atoms. The number of aromatic nitrogens is 1. The van der Waals surface area contributed by atoms with Crippen LogP contribution in [-0.4, -0.2) is 30.5 Å². The molecule has 1 heterocycles. The van der Waals surface area contributed by atoms with Gasteiger partial charge in [0.05, 0.1) is 6.54 Å². The fourth-order valence-corrected chi connectivity index (χ4v) is 1.14. The van der Waals surface area contributed by atoms with Crippen molar-refractivity contribution in [3.05, 3.63) is 28.5 Å². The second kappa shape index (κ2) is 5.00. The summed E-state index contributed by atoms with van der Waals surface area (Å²) in [5.41, 5.74) is 0.941. The molecular formula is C10H11BrN2. The van der Waals surface area contributed by atoms with Gasteiger partial charge in [0.1, 0.15) is 0 Å². The van der Waals surface area contributed by atoms with Crippen LogP contribution in [0, 0.1) is 11.8 Å². The van der Waals surface area contributed by atoms with Crippen LogP contribution < -0.4 is 0 Å². The number of rotatable bonds is 1. The Labute approximate surface area is 87.1 Å². The van der Waals surface area contributed by atoms with Crippen LogP contribution >= 0.6 is 15.9 Å². The minimum absolute atomic E-state index is 0.770. The summed E-state index contributed by atoms with van der Waals surface area (Å²) in [5.74, 6) is 6.08. The average molecular weight is 239 g/mol. The van der Waals surface area contributed by atoms with Gasteiger partial charge in [0.15, 0.2) is 0 Å². The summed E-state index contributed by atoms with van der Waals surface area (Å²) in [6.07, 6.45) is 3.50. The molecule has 0 aromatic carbocycles. The highest BCUT2D eigenvalue weighted by Crippen LogP contribution is 2.07. The highest BCUT2D eigenvalue weighted by Gasteiger charge is 1.88. The first kappa shape index (κ1) is 10.2. The van der Waals surface area contributed by atoms with Crippen LogP contribution in [0.5, 0.6) is 0 Å². The lowest BCUT2D eigenvalue weighted by Crippen LogP contribution is -2.10. The van der Waals surface area contributed by atoms with E-state index in [9.17, 15) is 0 Å². The van der Waals surface area contributed by atoms with E-state index in [0.29, 0.717) is 0 Å². The van der Waals surface area contributed by atoms with Gasteiger partial charge in [-0.15, -0.1) is 0 Å². The zero-order valence-corrected chi connectivity index (χ0v) is 9.30. The van der Waals surface area contributed by atoms with Crippen molar-refractivity contribution in [3.63, 3.8) is 0 Å². The van der Waals surface area contributed by atoms with E-state index in [1.165, 1.54) is 0 Å². The fourth-order valence-electron chi connectivity index (χ4n) is 0.780. The van der Waals surface area contributed by atoms with Crippen LogP contribution in [0.25, 0.3) is 0 Å². The molecule has 0 saturated heterocycles. The SMILES string of the molecule is CN(C)CC#Cc1cncc(Br)c1. The molecule has 2 nitrogen and oxygen atoms in total. The Kier molecular flexibility index (Phi) is 3.94. The summed E-state index contributed by atoms with van der Waals surface area (Å²) >= 11 is 3.34. The van der Waals surface area contributed by atoms with Crippen molar-refractivity contribution in [2.75, 3.05) is 20.6 Å². The van der Waals surface area contributed by atoms with Gasteiger partial charge in [-0.1, -0.05) is 11.8 Å². The van der Waals surface area contributed by atoms with E-state index in [1.54, 1.807) is 12.4 Å². The predicted octanol–water partition coefficient (Wildman–Crippen LogP) is 1.76. The van der Waals surface area contributed by atoms with Crippen molar-refractivity contribution < 1.29 is 0 Å². The average Bonchev–Trinajstić information content (AvgIpc) is 2.03. The third kappa shape index (κ3) is 4.07. The standard InChI is InChI=1S/C10H11BrN2/c1-13(2)5-3-4-9-6-10(11)8-12-7-9/h6-8H,5H2,1-2H3. The maximum Gasteiger partial charge on any atom is 0.0600 e. The van der Waals surface area contributed by atoms with E-state index in [0.717, 1.165) is 16.6 Å². The Bertz CT molecular complexity index is 336. The summed E-state index contributed by atoms with van der Waals surface area (Å²) in [7, 11) is 3.99. The van der Waals surface area contributed by atoms with E-state index in [4.69, 9.17) is 0 Å². The normalized spacial score (nSPS) is 9.54. The number of hydrogen-bond acceptors (Lipinski definition) is 2. The first-order chi connectivity index (χ1) is 6.18. The van der Waals surface area contributed by atoms with Gasteiger partial charge in [0.2, 0.25) is 0 Å². The molecule has 0 fully saturated rings. The van der Waals surface area contributed by atoms with Gasteiger partial charge < -0.3 is 0 Å². The van der Waals surface area contributed by atoms with Gasteiger partial charge in [-0.25, -0.2) is 0 Å². The monoisotopic (exact) mass is 238 g/mol. The lowest BCUT2D eigenvalue weighted by molar-refractivity contribution is 0.464. The molecule has 1 rings (SSSR count). The third-order valence-electron chi connectivity index (χ3n) is 1.33. The van der Waals surface area contributed by atoms with Gasteiger partial charge in [0.25, 0.3) is 0 Å². The zero-order chi connectivity index (χ0) is 9.68. The van der Waals surface area contributed by atoms with Crippen molar-refractivity contribution in [1.82, 2.24) is 9.88 Å². The quantitative estimate of drug-likeness (QED) is 0.694. The van der Waals surface area contributed by atoms with Gasteiger partial charge in [-0.3, -0.25) is 9.88 Å². The number of nitrogens with zero attached hydrogens (tertiary/aromatic N) is 2. The molecule has 1 aromatic rings. The molecule has 0 saturated carbocycles. The van der Waals surface area contributed by atoms with Crippen LogP contribution in [0.15, 0.2) is 22.9 Å². The lowest BCUT2D eigenvalue weighted by atomic mass is 10.3. The summed E-state index contributed by atoms with van der Waals surface area (Å²) in [6, 6.07) is 1.95. The van der Waals surface area contributed by atoms with Crippen LogP contribution in [0.1, 0.15) is 5.56 Å². The molecule has 0 amide bonds. The second-order valence-corrected chi connectivity index (χ2v) is 3.85. The molecule has 0 aliphatic heterocycles. The van der Waals surface area contributed by atoms with E-state index in [2.05, 4.69) is 32.8 Å². The molecule has 1 aromatic heterocycles. The smallest absolute Gasteiger partial charge is 0.0600 e. The Morgan fingerprint density at radius 2 is 2.23 bits per heavy atom. The van der Waals surface area contributed by atoms with Crippen molar-refractivity contribution in [2.45, 2.75) is 0 Å². The van der Waals surface area contributed by atoms with E-state index in [-0.39, 0.29) is 0 Å². The van der Waals surface area contributed by atoms with Crippen molar-refractivity contribution in [1.29, 1.82) is 0 Å². The fraction of sp³-hybridized carbons (Fsp3) is 0.300. The minimum Gasteiger partial charge on any atom is -0.299 e. The zero-order valence-electron chi connectivity index (χ0n) is 7.71. The van der Waals surface area contributed by atoms with Crippen molar-refractivity contribution in [2.24, 2.45) is 0 Å². The second-order valence-electron chi connectivity index (χ2n) is 2.93. The van der Waals surface area contributed by atoms with Gasteiger partial charge >= 0.3 is 0 Å². The summed E-state index contributed by atoms with van der Waals surface area (Å²) in [6.45, 7) is 0.770. The van der Waals surface area contributed by atoms with Crippen LogP contribution in [0.4, 0.5) is 0 Å². The number of halogens is 1. The third-order valence-corrected chi connectivity index (χ3v) is 1.77. The Hall–Kier alpha value is -0.850. The molecular weight excluding hydrogens is 228 g/mol. The van der Waals surface area contributed by atoms with Crippen molar-refractivity contribution in [3.8, 4) is 11.8 Å². The molecule has 3 heteroatoms. The lowest BCUT2D eigenvalue weighted by Gasteiger charge is -2.00. The van der Waals surface area contributed by atoms with E-state index in [1.807, 2.05) is 25.1 Å². The molecule has 0 radical (unpaired) electrons. The van der Waals surface area contributed by atoms with E-state index >= 15 is 0 Å². The van der Waals surface area contributed by atoms with Gasteiger partial charge in [0, 0.05) is 22.4 Å². The molecule has 0 N–H and O–H groups in total. The van der Waals surface area contributed by atoms with E-state index < -0.39 is 0 Å². The van der Waals surface area contributed by atoms with Crippen LogP contribution in [-0.2, 0) is 0 Å². The molecule has 0 spiro atoms. The highest BCUT2D eigenvalue weighted by molar-refractivity contribution is 9.10. The molecule has 0 aliphatic carbocycles. The van der Waals surface area contributed by atoms with Gasteiger partial charge in [-0.05, 0) is 36.1 Å². The molecule has 68 valence electrons. The first-order valence-electron chi connectivity index (χ1n) is 3.92. The maximum absolute atomic E-state index is 4.02. The largest absolute Gasteiger partial charge is 0.299 e. The predicted molar refractivity (Wildman–Crippen MR) is 57.4 cm³/mol. The van der Waals surface area contributed by atoms with Crippen LogP contribution in [0.3, 0.4) is 0 Å². The summed E-state index contributed by atoms with van der Waals surface area (Å²) in [5, 5.41) is 0. The Morgan fingerprint density at radius 3 is 2.85 bits per heavy atom. The molecule has 0 atom stereocenters. The number of hydrogen-bond donors (Lipinski definition) is 0. The summed E-state index contributed by atoms with van der Waals surface area (Å²) < 4.78 is 0.962. The first-order valence-corrected chi connectivity index (χ1v) is 4.72. The minimum atomic E-state index is 0.770. The Morgan fingerprint density at radius 1 is 1.46 bits per heavy atom. The van der Waals surface area contributed by atoms with Crippen LogP contribution in [0.2, 0.25) is 0 Å².